The molecule has 32 heavy (non-hydrogen) atoms. The predicted octanol–water partition coefficient (Wildman–Crippen LogP) is 5.57. The first kappa shape index (κ1) is 22.2. The summed E-state index contributed by atoms with van der Waals surface area (Å²) in [6.45, 7) is 8.44. The summed E-state index contributed by atoms with van der Waals surface area (Å²) in [5, 5.41) is 3.65. The van der Waals surface area contributed by atoms with Crippen LogP contribution in [0.3, 0.4) is 0 Å². The Bertz CT molecular complexity index is 1100. The summed E-state index contributed by atoms with van der Waals surface area (Å²) in [5.41, 5.74) is 5.79. The van der Waals surface area contributed by atoms with Crippen molar-refractivity contribution >= 4 is 22.9 Å². The number of ketones is 1. The van der Waals surface area contributed by atoms with Gasteiger partial charge in [-0.05, 0) is 55.0 Å². The monoisotopic (exact) mass is 436 g/mol. The van der Waals surface area contributed by atoms with Crippen LogP contribution in [-0.2, 0) is 4.79 Å². The molecule has 2 aromatic carbocycles. The highest BCUT2D eigenvalue weighted by molar-refractivity contribution is 6.10. The lowest BCUT2D eigenvalue weighted by molar-refractivity contribution is -0.124. The van der Waals surface area contributed by atoms with Crippen molar-refractivity contribution in [2.24, 2.45) is 16.3 Å². The largest absolute Gasteiger partial charge is 0.496 e. The molecule has 1 saturated carbocycles. The molecule has 6 nitrogen and oxygen atoms in total. The van der Waals surface area contributed by atoms with E-state index in [4.69, 9.17) is 19.2 Å². The molecule has 0 saturated heterocycles. The highest BCUT2D eigenvalue weighted by atomic mass is 16.5. The molecule has 2 atom stereocenters. The molecule has 1 N–H and O–H groups in total. The summed E-state index contributed by atoms with van der Waals surface area (Å²) < 4.78 is 16.8. The Labute approximate surface area is 190 Å². The first-order valence-electron chi connectivity index (χ1n) is 11.0. The Morgan fingerprint density at radius 1 is 0.906 bits per heavy atom. The molecule has 0 aromatic heterocycles. The molecule has 1 fully saturated rings. The zero-order valence-electron chi connectivity index (χ0n) is 20.0. The molecule has 2 aromatic rings. The van der Waals surface area contributed by atoms with Crippen LogP contribution in [0.15, 0.2) is 29.3 Å². The van der Waals surface area contributed by atoms with Crippen LogP contribution in [0.4, 0.5) is 11.4 Å². The number of carbonyl (C=O) groups is 1. The topological polar surface area (TPSA) is 69.2 Å². The van der Waals surface area contributed by atoms with Crippen LogP contribution < -0.4 is 19.5 Å². The number of nitrogens with one attached hydrogen (secondary N) is 1. The molecular formula is C26H32N2O4. The number of aryl methyl sites for hydroxylation is 2. The second-order valence-electron chi connectivity index (χ2n) is 9.59. The molecule has 1 aliphatic heterocycles. The predicted molar refractivity (Wildman–Crippen MR) is 127 cm³/mol. The molecule has 1 heterocycles. The third-order valence-electron chi connectivity index (χ3n) is 6.61. The number of hydrogen-bond donors (Lipinski definition) is 1. The molecule has 170 valence electrons. The van der Waals surface area contributed by atoms with E-state index in [1.54, 1.807) is 21.3 Å². The molecule has 1 aliphatic carbocycles. The SMILES string of the molecule is COc1cc(OC)c([C@H]2Nc3cc(C)c(C)cc3N=C3CC(C)(C)CC(=O)C32)cc1OC. The summed E-state index contributed by atoms with van der Waals surface area (Å²) in [7, 11) is 4.83. The third kappa shape index (κ3) is 3.83. The van der Waals surface area contributed by atoms with Gasteiger partial charge in [-0.1, -0.05) is 13.8 Å². The summed E-state index contributed by atoms with van der Waals surface area (Å²) in [6.07, 6.45) is 1.28. The number of Topliss-reactive ketones (excluding diaryl/α,β-unsaturated/α-hetero) is 1. The van der Waals surface area contributed by atoms with E-state index in [2.05, 4.69) is 45.1 Å². The normalized spacial score (nSPS) is 21.5. The van der Waals surface area contributed by atoms with E-state index >= 15 is 0 Å². The van der Waals surface area contributed by atoms with Crippen LogP contribution in [-0.4, -0.2) is 32.8 Å². The number of ether oxygens (including phenoxy) is 3. The van der Waals surface area contributed by atoms with Crippen LogP contribution in [0, 0.1) is 25.2 Å². The summed E-state index contributed by atoms with van der Waals surface area (Å²) >= 11 is 0. The van der Waals surface area contributed by atoms with Crippen LogP contribution in [0.25, 0.3) is 0 Å². The average Bonchev–Trinajstić information content (AvgIpc) is 2.88. The quantitative estimate of drug-likeness (QED) is 0.678. The lowest BCUT2D eigenvalue weighted by atomic mass is 9.68. The first-order chi connectivity index (χ1) is 15.2. The smallest absolute Gasteiger partial charge is 0.164 e. The molecule has 0 bridgehead atoms. The fourth-order valence-corrected chi connectivity index (χ4v) is 4.89. The molecule has 2 aliphatic rings. The van der Waals surface area contributed by atoms with Gasteiger partial charge in [-0.2, -0.15) is 0 Å². The van der Waals surface area contributed by atoms with Gasteiger partial charge in [0, 0.05) is 23.8 Å². The van der Waals surface area contributed by atoms with Crippen molar-refractivity contribution in [2.75, 3.05) is 26.6 Å². The van der Waals surface area contributed by atoms with Gasteiger partial charge >= 0.3 is 0 Å². The second kappa shape index (κ2) is 8.15. The van der Waals surface area contributed by atoms with Gasteiger partial charge in [-0.25, -0.2) is 0 Å². The van der Waals surface area contributed by atoms with Crippen LogP contribution in [0.1, 0.15) is 49.4 Å². The molecule has 0 radical (unpaired) electrons. The number of rotatable bonds is 4. The van der Waals surface area contributed by atoms with Gasteiger partial charge in [0.1, 0.15) is 11.5 Å². The van der Waals surface area contributed by atoms with Crippen LogP contribution in [0.2, 0.25) is 0 Å². The first-order valence-corrected chi connectivity index (χ1v) is 11.0. The van der Waals surface area contributed by atoms with E-state index < -0.39 is 0 Å². The lowest BCUT2D eigenvalue weighted by Crippen LogP contribution is -2.42. The van der Waals surface area contributed by atoms with E-state index in [0.717, 1.165) is 29.1 Å². The molecular weight excluding hydrogens is 404 g/mol. The summed E-state index contributed by atoms with van der Waals surface area (Å²) in [6, 6.07) is 7.60. The van der Waals surface area contributed by atoms with Gasteiger partial charge in [-0.15, -0.1) is 0 Å². The van der Waals surface area contributed by atoms with Crippen molar-refractivity contribution in [2.45, 2.75) is 46.6 Å². The second-order valence-corrected chi connectivity index (χ2v) is 9.59. The van der Waals surface area contributed by atoms with Gasteiger partial charge in [-0.3, -0.25) is 9.79 Å². The Kier molecular flexibility index (Phi) is 5.65. The van der Waals surface area contributed by atoms with E-state index in [0.29, 0.717) is 23.7 Å². The summed E-state index contributed by atoms with van der Waals surface area (Å²) in [4.78, 5) is 18.6. The average molecular weight is 437 g/mol. The van der Waals surface area contributed by atoms with Crippen molar-refractivity contribution in [3.63, 3.8) is 0 Å². The Balaban J connectivity index is 1.94. The van der Waals surface area contributed by atoms with Gasteiger partial charge in [0.25, 0.3) is 0 Å². The minimum absolute atomic E-state index is 0.122. The lowest BCUT2D eigenvalue weighted by Gasteiger charge is -2.38. The standard InChI is InChI=1S/C26H32N2O4/c1-14-8-17-18(9-15(14)2)28-25(24-19(27-17)12-26(3,4)13-20(24)29)16-10-22(31-6)23(32-7)11-21(16)30-5/h8-11,24-25,28H,12-13H2,1-7H3/t24?,25-/m1/s1. The minimum atomic E-state index is -0.386. The maximum Gasteiger partial charge on any atom is 0.164 e. The number of carbonyl (C=O) groups excluding carboxylic acids is 1. The van der Waals surface area contributed by atoms with Gasteiger partial charge in [0.05, 0.1) is 44.7 Å². The van der Waals surface area contributed by atoms with Crippen molar-refractivity contribution in [3.05, 3.63) is 41.0 Å². The third-order valence-corrected chi connectivity index (χ3v) is 6.61. The fraction of sp³-hybridized carbons (Fsp3) is 0.462. The van der Waals surface area contributed by atoms with Crippen LogP contribution in [0.5, 0.6) is 17.2 Å². The molecule has 4 rings (SSSR count). The van der Waals surface area contributed by atoms with Gasteiger partial charge in [0.15, 0.2) is 11.5 Å². The number of anilines is 1. The number of methoxy groups -OCH3 is 3. The zero-order valence-corrected chi connectivity index (χ0v) is 20.0. The number of nitrogens with zero attached hydrogens (tertiary/aromatic N) is 1. The van der Waals surface area contributed by atoms with Gasteiger partial charge in [0.2, 0.25) is 0 Å². The molecule has 6 heteroatoms. The Morgan fingerprint density at radius 2 is 1.53 bits per heavy atom. The molecule has 0 spiro atoms. The van der Waals surface area contributed by atoms with Crippen LogP contribution >= 0.6 is 0 Å². The number of aliphatic imine (C=N–C) groups is 1. The highest BCUT2D eigenvalue weighted by Gasteiger charge is 2.45. The number of benzene rings is 2. The van der Waals surface area contributed by atoms with Crippen molar-refractivity contribution in [3.8, 4) is 17.2 Å². The summed E-state index contributed by atoms with van der Waals surface area (Å²) in [5.74, 6) is 1.62. The van der Waals surface area contributed by atoms with E-state index in [1.165, 1.54) is 11.1 Å². The van der Waals surface area contributed by atoms with Crippen molar-refractivity contribution < 1.29 is 19.0 Å². The van der Waals surface area contributed by atoms with Crippen molar-refractivity contribution in [1.82, 2.24) is 0 Å². The van der Waals surface area contributed by atoms with E-state index in [9.17, 15) is 4.79 Å². The Hall–Kier alpha value is -3.02. The number of fused-ring (bicyclic) bond motifs is 2. The van der Waals surface area contributed by atoms with E-state index in [1.807, 2.05) is 12.1 Å². The molecule has 1 unspecified atom stereocenters. The van der Waals surface area contributed by atoms with Crippen molar-refractivity contribution in [1.29, 1.82) is 0 Å². The van der Waals surface area contributed by atoms with Gasteiger partial charge < -0.3 is 19.5 Å². The maximum absolute atomic E-state index is 13.5. The van der Waals surface area contributed by atoms with E-state index in [-0.39, 0.29) is 23.2 Å². The molecule has 0 amide bonds. The highest BCUT2D eigenvalue weighted by Crippen LogP contribution is 2.48. The maximum atomic E-state index is 13.5. The zero-order chi connectivity index (χ0) is 23.2. The number of hydrogen-bond acceptors (Lipinski definition) is 6. The minimum Gasteiger partial charge on any atom is -0.496 e. The Morgan fingerprint density at radius 3 is 2.19 bits per heavy atom. The fourth-order valence-electron chi connectivity index (χ4n) is 4.89.